The maximum Gasteiger partial charge on any atom is 0.228 e. The Morgan fingerprint density at radius 3 is 2.43 bits per heavy atom. The van der Waals surface area contributed by atoms with Crippen LogP contribution in [-0.2, 0) is 16.0 Å². The van der Waals surface area contributed by atoms with E-state index in [1.807, 2.05) is 46.0 Å². The first kappa shape index (κ1) is 23.3. The first-order chi connectivity index (χ1) is 18.2. The lowest BCUT2D eigenvalue weighted by atomic mass is 10.1. The summed E-state index contributed by atoms with van der Waals surface area (Å²) >= 11 is 0. The molecular formula is C26H29N9O2. The van der Waals surface area contributed by atoms with E-state index >= 15 is 0 Å². The molecule has 2 saturated heterocycles. The van der Waals surface area contributed by atoms with E-state index in [9.17, 15) is 4.79 Å². The molecule has 5 heterocycles. The molecule has 1 amide bonds. The number of anilines is 2. The summed E-state index contributed by atoms with van der Waals surface area (Å²) in [5.74, 6) is 1.02. The maximum absolute atomic E-state index is 12.7. The molecular weight excluding hydrogens is 470 g/mol. The van der Waals surface area contributed by atoms with Gasteiger partial charge in [-0.15, -0.1) is 0 Å². The number of aromatic nitrogens is 5. The van der Waals surface area contributed by atoms with Crippen LogP contribution in [0, 0.1) is 0 Å². The fraction of sp³-hybridized carbons (Fsp3) is 0.346. The van der Waals surface area contributed by atoms with Gasteiger partial charge in [-0.1, -0.05) is 12.1 Å². The maximum atomic E-state index is 12.7. The zero-order valence-corrected chi connectivity index (χ0v) is 20.5. The molecule has 1 aromatic carbocycles. The quantitative estimate of drug-likeness (QED) is 0.417. The van der Waals surface area contributed by atoms with E-state index in [0.29, 0.717) is 25.6 Å². The van der Waals surface area contributed by atoms with Crippen LogP contribution in [0.15, 0.2) is 48.9 Å². The van der Waals surface area contributed by atoms with E-state index in [0.717, 1.165) is 72.8 Å². The number of nitrogens with two attached hydrogens (primary N) is 1. The second kappa shape index (κ2) is 10.1. The minimum Gasteiger partial charge on any atom is -0.378 e. The number of benzene rings is 1. The Morgan fingerprint density at radius 2 is 1.70 bits per heavy atom. The van der Waals surface area contributed by atoms with E-state index in [1.165, 1.54) is 0 Å². The number of nitrogens with one attached hydrogen (secondary N) is 1. The molecule has 37 heavy (non-hydrogen) atoms. The number of fused-ring (bicyclic) bond motifs is 1. The predicted octanol–water partition coefficient (Wildman–Crippen LogP) is 1.27. The average Bonchev–Trinajstić information content (AvgIpc) is 3.38. The number of hydrogen-bond donors (Lipinski definition) is 2. The number of rotatable bonds is 5. The topological polar surface area (TPSA) is 127 Å². The monoisotopic (exact) mass is 499 g/mol. The van der Waals surface area contributed by atoms with Gasteiger partial charge in [0, 0.05) is 74.5 Å². The minimum absolute atomic E-state index is 0.166. The molecule has 0 spiro atoms. The highest BCUT2D eigenvalue weighted by Gasteiger charge is 2.20. The normalized spacial score (nSPS) is 16.3. The predicted molar refractivity (Wildman–Crippen MR) is 140 cm³/mol. The number of nitrogens with zero attached hydrogens (tertiary/aromatic N) is 7. The minimum atomic E-state index is 0.166. The number of hydrogen-bond acceptors (Lipinski definition) is 9. The molecule has 2 aliphatic rings. The van der Waals surface area contributed by atoms with Gasteiger partial charge in [0.1, 0.15) is 0 Å². The number of carbonyl (C=O) groups is 1. The van der Waals surface area contributed by atoms with Crippen LogP contribution in [0.2, 0.25) is 0 Å². The molecule has 6 rings (SSSR count). The van der Waals surface area contributed by atoms with Crippen molar-refractivity contribution >= 4 is 28.8 Å². The van der Waals surface area contributed by atoms with Crippen molar-refractivity contribution in [1.82, 2.24) is 34.7 Å². The zero-order valence-electron chi connectivity index (χ0n) is 20.5. The second-order valence-corrected chi connectivity index (χ2v) is 9.20. The van der Waals surface area contributed by atoms with Crippen LogP contribution in [0.25, 0.3) is 28.0 Å². The summed E-state index contributed by atoms with van der Waals surface area (Å²) in [6.45, 7) is 5.94. The van der Waals surface area contributed by atoms with Crippen molar-refractivity contribution in [3.05, 3.63) is 54.5 Å². The Bertz CT molecular complexity index is 1390. The van der Waals surface area contributed by atoms with Crippen molar-refractivity contribution in [2.75, 3.05) is 63.1 Å². The van der Waals surface area contributed by atoms with Crippen molar-refractivity contribution in [2.45, 2.75) is 6.42 Å². The summed E-state index contributed by atoms with van der Waals surface area (Å²) in [7, 11) is 0. The van der Waals surface area contributed by atoms with Crippen molar-refractivity contribution < 1.29 is 9.53 Å². The largest absolute Gasteiger partial charge is 0.378 e. The Labute approximate surface area is 214 Å². The highest BCUT2D eigenvalue weighted by Crippen LogP contribution is 2.30. The average molecular weight is 500 g/mol. The Balaban J connectivity index is 1.34. The Kier molecular flexibility index (Phi) is 6.37. The molecule has 0 atom stereocenters. The molecule has 11 heteroatoms. The number of amides is 1. The van der Waals surface area contributed by atoms with Gasteiger partial charge in [-0.05, 0) is 23.8 Å². The lowest BCUT2D eigenvalue weighted by Crippen LogP contribution is -2.46. The fourth-order valence-electron chi connectivity index (χ4n) is 4.77. The van der Waals surface area contributed by atoms with E-state index in [2.05, 4.69) is 20.2 Å². The number of carbonyl (C=O) groups excluding carboxylic acids is 1. The zero-order chi connectivity index (χ0) is 25.2. The molecule has 0 saturated carbocycles. The fourth-order valence-corrected chi connectivity index (χ4v) is 4.77. The van der Waals surface area contributed by atoms with E-state index < -0.39 is 0 Å². The van der Waals surface area contributed by atoms with Crippen molar-refractivity contribution in [3.63, 3.8) is 0 Å². The van der Waals surface area contributed by atoms with Gasteiger partial charge in [-0.3, -0.25) is 4.79 Å². The summed E-state index contributed by atoms with van der Waals surface area (Å²) < 4.78 is 7.57. The first-order valence-corrected chi connectivity index (χ1v) is 12.5. The summed E-state index contributed by atoms with van der Waals surface area (Å²) in [5, 5.41) is 4.18. The molecule has 3 N–H and O–H groups in total. The van der Waals surface area contributed by atoms with E-state index in [1.54, 1.807) is 12.4 Å². The molecule has 2 fully saturated rings. The van der Waals surface area contributed by atoms with Crippen LogP contribution in [0.4, 0.5) is 11.9 Å². The molecule has 190 valence electrons. The molecule has 2 aliphatic heterocycles. The van der Waals surface area contributed by atoms with Gasteiger partial charge in [0.05, 0.1) is 25.3 Å². The summed E-state index contributed by atoms with van der Waals surface area (Å²) in [5.41, 5.74) is 9.98. The number of nitrogen functional groups attached to an aromatic ring is 1. The van der Waals surface area contributed by atoms with Crippen molar-refractivity contribution in [3.8, 4) is 16.9 Å². The lowest BCUT2D eigenvalue weighted by molar-refractivity contribution is -0.131. The summed E-state index contributed by atoms with van der Waals surface area (Å²) in [6.07, 6.45) is 5.77. The van der Waals surface area contributed by atoms with Crippen molar-refractivity contribution in [2.24, 2.45) is 0 Å². The Morgan fingerprint density at radius 1 is 0.973 bits per heavy atom. The van der Waals surface area contributed by atoms with Crippen LogP contribution in [0.5, 0.6) is 0 Å². The van der Waals surface area contributed by atoms with Gasteiger partial charge in [-0.2, -0.15) is 4.98 Å². The van der Waals surface area contributed by atoms with E-state index in [4.69, 9.17) is 20.4 Å². The van der Waals surface area contributed by atoms with Gasteiger partial charge in [-0.25, -0.2) is 15.0 Å². The standard InChI is InChI=1S/C26H29N9O2/c27-25-29-16-19(17-30-25)23-21-5-8-35(24(21)32-26(31-23)34-11-13-37-14-12-34)20-3-1-18(2-4-20)15-22(36)33-9-6-28-7-10-33/h1-5,8,16-17,28H,6-7,9-15H2,(H2,27,29,30). The summed E-state index contributed by atoms with van der Waals surface area (Å²) in [6, 6.07) is 10.1. The Hall–Kier alpha value is -4.09. The van der Waals surface area contributed by atoms with Crippen LogP contribution in [0.3, 0.4) is 0 Å². The van der Waals surface area contributed by atoms with Gasteiger partial charge in [0.2, 0.25) is 17.8 Å². The van der Waals surface area contributed by atoms with Crippen molar-refractivity contribution in [1.29, 1.82) is 0 Å². The van der Waals surface area contributed by atoms with Crippen LogP contribution < -0.4 is 16.0 Å². The molecule has 3 aromatic heterocycles. The lowest BCUT2D eigenvalue weighted by Gasteiger charge is -2.27. The third kappa shape index (κ3) is 4.83. The van der Waals surface area contributed by atoms with Gasteiger partial charge < -0.3 is 30.2 Å². The molecule has 0 bridgehead atoms. The van der Waals surface area contributed by atoms with E-state index in [-0.39, 0.29) is 11.9 Å². The third-order valence-electron chi connectivity index (χ3n) is 6.81. The van der Waals surface area contributed by atoms with Gasteiger partial charge >= 0.3 is 0 Å². The molecule has 11 nitrogen and oxygen atoms in total. The SMILES string of the molecule is Nc1ncc(-c2nc(N3CCOCC3)nc3c2ccn3-c2ccc(CC(=O)N3CCNCC3)cc2)cn1. The van der Waals surface area contributed by atoms with Gasteiger partial charge in [0.15, 0.2) is 5.65 Å². The molecule has 0 radical (unpaired) electrons. The summed E-state index contributed by atoms with van der Waals surface area (Å²) in [4.78, 5) is 34.9. The highest BCUT2D eigenvalue weighted by atomic mass is 16.5. The first-order valence-electron chi connectivity index (χ1n) is 12.5. The second-order valence-electron chi connectivity index (χ2n) is 9.20. The smallest absolute Gasteiger partial charge is 0.228 e. The molecule has 4 aromatic rings. The number of morpholine rings is 1. The third-order valence-corrected chi connectivity index (χ3v) is 6.81. The van der Waals surface area contributed by atoms with Crippen LogP contribution in [0.1, 0.15) is 5.56 Å². The van der Waals surface area contributed by atoms with Gasteiger partial charge in [0.25, 0.3) is 0 Å². The number of piperazine rings is 1. The van der Waals surface area contributed by atoms with Crippen LogP contribution >= 0.6 is 0 Å². The van der Waals surface area contributed by atoms with Crippen LogP contribution in [-0.4, -0.2) is 87.8 Å². The molecule has 0 aliphatic carbocycles. The molecule has 0 unspecified atom stereocenters. The number of ether oxygens (including phenoxy) is 1. The highest BCUT2D eigenvalue weighted by molar-refractivity contribution is 5.92.